The van der Waals surface area contributed by atoms with Crippen molar-refractivity contribution in [3.63, 3.8) is 0 Å². The molecule has 108 valence electrons. The molecule has 21 heavy (non-hydrogen) atoms. The molecule has 0 amide bonds. The fourth-order valence-electron chi connectivity index (χ4n) is 3.00. The van der Waals surface area contributed by atoms with Gasteiger partial charge in [-0.2, -0.15) is 0 Å². The topological polar surface area (TPSA) is 39.2 Å². The molecule has 3 rings (SSSR count). The fraction of sp³-hybridized carbons (Fsp3) is 0.333. The molecule has 1 aliphatic carbocycles. The molecular formula is C18H19NO2. The van der Waals surface area contributed by atoms with Crippen molar-refractivity contribution in [1.82, 2.24) is 4.98 Å². The molecule has 0 saturated carbocycles. The molecule has 0 spiro atoms. The Morgan fingerprint density at radius 2 is 2.14 bits per heavy atom. The molecule has 0 radical (unpaired) electrons. The number of fused-ring (bicyclic) bond motifs is 1. The number of para-hydroxylation sites is 1. The number of pyridine rings is 1. The molecule has 0 fully saturated rings. The lowest BCUT2D eigenvalue weighted by Crippen LogP contribution is -2.20. The van der Waals surface area contributed by atoms with Gasteiger partial charge in [-0.05, 0) is 49.9 Å². The molecule has 2 aromatic rings. The number of carbonyl (C=O) groups is 1. The molecule has 0 aliphatic heterocycles. The quantitative estimate of drug-likeness (QED) is 0.800. The molecule has 0 bridgehead atoms. The van der Waals surface area contributed by atoms with E-state index < -0.39 is 0 Å². The van der Waals surface area contributed by atoms with E-state index in [1.807, 2.05) is 37.3 Å². The Labute approximate surface area is 125 Å². The number of hydrogen-bond donors (Lipinski definition) is 0. The average Bonchev–Trinajstić information content (AvgIpc) is 2.54. The van der Waals surface area contributed by atoms with Gasteiger partial charge < -0.3 is 4.74 Å². The van der Waals surface area contributed by atoms with Crippen molar-refractivity contribution in [3.8, 4) is 5.75 Å². The second-order valence-electron chi connectivity index (χ2n) is 5.29. The Balaban J connectivity index is 1.97. The van der Waals surface area contributed by atoms with Crippen LogP contribution in [0.2, 0.25) is 0 Å². The molecule has 1 aliphatic rings. The van der Waals surface area contributed by atoms with Gasteiger partial charge in [0.05, 0.1) is 23.8 Å². The van der Waals surface area contributed by atoms with Crippen molar-refractivity contribution >= 4 is 5.78 Å². The first kappa shape index (κ1) is 13.8. The lowest BCUT2D eigenvalue weighted by molar-refractivity contribution is 0.0945. The van der Waals surface area contributed by atoms with Gasteiger partial charge in [0.25, 0.3) is 0 Å². The Hall–Kier alpha value is -2.16. The monoisotopic (exact) mass is 281 g/mol. The Morgan fingerprint density at radius 1 is 1.29 bits per heavy atom. The third kappa shape index (κ3) is 2.68. The SMILES string of the molecule is CCOc1ccccc1C(=O)C1CCCc2cccnc21. The maximum Gasteiger partial charge on any atom is 0.175 e. The van der Waals surface area contributed by atoms with E-state index in [-0.39, 0.29) is 11.7 Å². The van der Waals surface area contributed by atoms with Gasteiger partial charge in [0.15, 0.2) is 5.78 Å². The van der Waals surface area contributed by atoms with Crippen LogP contribution in [0.1, 0.15) is 47.3 Å². The van der Waals surface area contributed by atoms with Crippen LogP contribution in [-0.2, 0) is 6.42 Å². The number of benzene rings is 1. The van der Waals surface area contributed by atoms with E-state index >= 15 is 0 Å². The summed E-state index contributed by atoms with van der Waals surface area (Å²) in [6.45, 7) is 2.49. The van der Waals surface area contributed by atoms with Crippen LogP contribution in [0, 0.1) is 0 Å². The van der Waals surface area contributed by atoms with E-state index in [9.17, 15) is 4.79 Å². The van der Waals surface area contributed by atoms with Gasteiger partial charge in [-0.25, -0.2) is 0 Å². The predicted molar refractivity (Wildman–Crippen MR) is 81.9 cm³/mol. The molecule has 1 aromatic heterocycles. The van der Waals surface area contributed by atoms with Crippen LogP contribution < -0.4 is 4.74 Å². The smallest absolute Gasteiger partial charge is 0.175 e. The summed E-state index contributed by atoms with van der Waals surface area (Å²) in [6.07, 6.45) is 4.69. The highest BCUT2D eigenvalue weighted by Crippen LogP contribution is 2.34. The molecule has 3 nitrogen and oxygen atoms in total. The zero-order valence-corrected chi connectivity index (χ0v) is 12.2. The van der Waals surface area contributed by atoms with E-state index in [0.717, 1.165) is 25.0 Å². The maximum atomic E-state index is 12.9. The van der Waals surface area contributed by atoms with E-state index in [4.69, 9.17) is 4.74 Å². The van der Waals surface area contributed by atoms with Crippen LogP contribution in [0.4, 0.5) is 0 Å². The largest absolute Gasteiger partial charge is 0.493 e. The number of rotatable bonds is 4. The van der Waals surface area contributed by atoms with Crippen molar-refractivity contribution in [1.29, 1.82) is 0 Å². The second-order valence-corrected chi connectivity index (χ2v) is 5.29. The summed E-state index contributed by atoms with van der Waals surface area (Å²) in [5, 5.41) is 0. The highest BCUT2D eigenvalue weighted by molar-refractivity contribution is 6.03. The van der Waals surface area contributed by atoms with Gasteiger partial charge in [-0.15, -0.1) is 0 Å². The van der Waals surface area contributed by atoms with Gasteiger partial charge in [-0.1, -0.05) is 18.2 Å². The normalized spacial score (nSPS) is 17.1. The van der Waals surface area contributed by atoms with E-state index in [0.29, 0.717) is 17.9 Å². The molecule has 1 unspecified atom stereocenters. The average molecular weight is 281 g/mol. The fourth-order valence-corrected chi connectivity index (χ4v) is 3.00. The summed E-state index contributed by atoms with van der Waals surface area (Å²) in [6, 6.07) is 11.5. The number of carbonyl (C=O) groups excluding carboxylic acids is 1. The number of Topliss-reactive ketones (excluding diaryl/α,β-unsaturated/α-hetero) is 1. The summed E-state index contributed by atoms with van der Waals surface area (Å²) in [7, 11) is 0. The summed E-state index contributed by atoms with van der Waals surface area (Å²) in [4.78, 5) is 17.4. The first-order chi connectivity index (χ1) is 10.3. The third-order valence-electron chi connectivity index (χ3n) is 3.96. The highest BCUT2D eigenvalue weighted by Gasteiger charge is 2.29. The van der Waals surface area contributed by atoms with Gasteiger partial charge in [0, 0.05) is 6.20 Å². The van der Waals surface area contributed by atoms with E-state index in [1.165, 1.54) is 5.56 Å². The number of aromatic nitrogens is 1. The second kappa shape index (κ2) is 6.08. The molecule has 1 aromatic carbocycles. The summed E-state index contributed by atoms with van der Waals surface area (Å²) >= 11 is 0. The lowest BCUT2D eigenvalue weighted by Gasteiger charge is -2.23. The first-order valence-corrected chi connectivity index (χ1v) is 7.51. The van der Waals surface area contributed by atoms with Crippen LogP contribution in [0.25, 0.3) is 0 Å². The minimum absolute atomic E-state index is 0.124. The molecule has 1 atom stereocenters. The number of ketones is 1. The van der Waals surface area contributed by atoms with Crippen molar-refractivity contribution in [2.24, 2.45) is 0 Å². The Bertz CT molecular complexity index is 651. The third-order valence-corrected chi connectivity index (χ3v) is 3.96. The highest BCUT2D eigenvalue weighted by atomic mass is 16.5. The lowest BCUT2D eigenvalue weighted by atomic mass is 9.82. The van der Waals surface area contributed by atoms with Crippen molar-refractivity contribution in [2.75, 3.05) is 6.61 Å². The zero-order valence-electron chi connectivity index (χ0n) is 12.2. The minimum Gasteiger partial charge on any atom is -0.493 e. The van der Waals surface area contributed by atoms with Crippen LogP contribution in [-0.4, -0.2) is 17.4 Å². The van der Waals surface area contributed by atoms with Gasteiger partial charge in [0.2, 0.25) is 0 Å². The van der Waals surface area contributed by atoms with Gasteiger partial charge >= 0.3 is 0 Å². The van der Waals surface area contributed by atoms with E-state index in [2.05, 4.69) is 11.1 Å². The van der Waals surface area contributed by atoms with Crippen LogP contribution >= 0.6 is 0 Å². The van der Waals surface area contributed by atoms with Crippen LogP contribution in [0.15, 0.2) is 42.6 Å². The summed E-state index contributed by atoms with van der Waals surface area (Å²) in [5.41, 5.74) is 2.82. The van der Waals surface area contributed by atoms with Crippen molar-refractivity contribution in [2.45, 2.75) is 32.1 Å². The molecule has 3 heteroatoms. The van der Waals surface area contributed by atoms with Crippen molar-refractivity contribution < 1.29 is 9.53 Å². The zero-order chi connectivity index (χ0) is 14.7. The Kier molecular flexibility index (Phi) is 4.00. The van der Waals surface area contributed by atoms with Crippen LogP contribution in [0.5, 0.6) is 5.75 Å². The molecule has 0 N–H and O–H groups in total. The van der Waals surface area contributed by atoms with Gasteiger partial charge in [0.1, 0.15) is 5.75 Å². The number of nitrogens with zero attached hydrogens (tertiary/aromatic N) is 1. The Morgan fingerprint density at radius 3 is 3.00 bits per heavy atom. The molecular weight excluding hydrogens is 262 g/mol. The number of ether oxygens (including phenoxy) is 1. The predicted octanol–water partition coefficient (Wildman–Crippen LogP) is 3.78. The number of aryl methyl sites for hydroxylation is 1. The standard InChI is InChI=1S/C18H19NO2/c1-2-21-16-11-4-3-9-14(16)18(20)15-10-5-7-13-8-6-12-19-17(13)15/h3-4,6,8-9,11-12,15H,2,5,7,10H2,1H3. The molecule has 0 saturated heterocycles. The van der Waals surface area contributed by atoms with Gasteiger partial charge in [-0.3, -0.25) is 9.78 Å². The number of hydrogen-bond acceptors (Lipinski definition) is 3. The van der Waals surface area contributed by atoms with E-state index in [1.54, 1.807) is 6.20 Å². The summed E-state index contributed by atoms with van der Waals surface area (Å²) < 4.78 is 5.60. The summed E-state index contributed by atoms with van der Waals surface area (Å²) in [5.74, 6) is 0.656. The van der Waals surface area contributed by atoms with Crippen LogP contribution in [0.3, 0.4) is 0 Å². The minimum atomic E-state index is -0.142. The maximum absolute atomic E-state index is 12.9. The van der Waals surface area contributed by atoms with Crippen molar-refractivity contribution in [3.05, 3.63) is 59.4 Å². The first-order valence-electron chi connectivity index (χ1n) is 7.51. The molecule has 1 heterocycles.